The molecule has 1 aliphatic heterocycles. The standard InChI is InChI=1S/C21H17N3O3/c25-16-9-5-14(6-10-16)13-22-24-20(15-7-11-17(26)12-8-15)23-19-4-2-1-3-18(19)21(24)27/h1-13,20,23,25-26H/b22-13+. The topological polar surface area (TPSA) is 85.2 Å². The summed E-state index contributed by atoms with van der Waals surface area (Å²) in [6.45, 7) is 0. The number of rotatable bonds is 3. The molecule has 0 spiro atoms. The predicted molar refractivity (Wildman–Crippen MR) is 103 cm³/mol. The Labute approximate surface area is 156 Å². The fourth-order valence-corrected chi connectivity index (χ4v) is 2.93. The first-order valence-electron chi connectivity index (χ1n) is 8.43. The van der Waals surface area contributed by atoms with Crippen LogP contribution in [-0.2, 0) is 0 Å². The van der Waals surface area contributed by atoms with Gasteiger partial charge in [-0.3, -0.25) is 4.79 Å². The van der Waals surface area contributed by atoms with Gasteiger partial charge in [-0.2, -0.15) is 5.10 Å². The number of anilines is 1. The Balaban J connectivity index is 1.73. The second-order valence-electron chi connectivity index (χ2n) is 6.17. The molecule has 6 nitrogen and oxygen atoms in total. The molecular formula is C21H17N3O3. The summed E-state index contributed by atoms with van der Waals surface area (Å²) in [5.74, 6) is 0.0941. The minimum absolute atomic E-state index is 0.153. The van der Waals surface area contributed by atoms with Crippen molar-refractivity contribution in [3.8, 4) is 11.5 Å². The molecule has 3 aromatic carbocycles. The van der Waals surface area contributed by atoms with E-state index >= 15 is 0 Å². The number of aromatic hydroxyl groups is 2. The molecule has 6 heteroatoms. The van der Waals surface area contributed by atoms with E-state index < -0.39 is 6.17 Å². The summed E-state index contributed by atoms with van der Waals surface area (Å²) >= 11 is 0. The Morgan fingerprint density at radius 3 is 2.22 bits per heavy atom. The van der Waals surface area contributed by atoms with Crippen LogP contribution in [0.5, 0.6) is 11.5 Å². The van der Waals surface area contributed by atoms with Gasteiger partial charge in [0.2, 0.25) is 0 Å². The molecule has 1 unspecified atom stereocenters. The smallest absolute Gasteiger partial charge is 0.278 e. The van der Waals surface area contributed by atoms with E-state index in [1.807, 2.05) is 12.1 Å². The molecule has 0 radical (unpaired) electrons. The molecule has 0 saturated carbocycles. The van der Waals surface area contributed by atoms with Gasteiger partial charge < -0.3 is 15.5 Å². The fourth-order valence-electron chi connectivity index (χ4n) is 2.93. The highest BCUT2D eigenvalue weighted by molar-refractivity contribution is 6.02. The Bertz CT molecular complexity index is 998. The number of fused-ring (bicyclic) bond motifs is 1. The van der Waals surface area contributed by atoms with Crippen LogP contribution in [0.2, 0.25) is 0 Å². The van der Waals surface area contributed by atoms with Crippen LogP contribution in [0.1, 0.15) is 27.7 Å². The van der Waals surface area contributed by atoms with Crippen molar-refractivity contribution >= 4 is 17.8 Å². The van der Waals surface area contributed by atoms with E-state index in [4.69, 9.17) is 0 Å². The van der Waals surface area contributed by atoms with Gasteiger partial charge in [0.25, 0.3) is 5.91 Å². The summed E-state index contributed by atoms with van der Waals surface area (Å²) < 4.78 is 0. The molecule has 0 aromatic heterocycles. The number of carbonyl (C=O) groups is 1. The number of amides is 1. The highest BCUT2D eigenvalue weighted by atomic mass is 16.3. The van der Waals surface area contributed by atoms with Crippen molar-refractivity contribution < 1.29 is 15.0 Å². The van der Waals surface area contributed by atoms with Crippen LogP contribution in [0, 0.1) is 0 Å². The van der Waals surface area contributed by atoms with Crippen LogP contribution >= 0.6 is 0 Å². The van der Waals surface area contributed by atoms with Crippen LogP contribution in [0.3, 0.4) is 0 Å². The third kappa shape index (κ3) is 3.32. The molecule has 0 bridgehead atoms. The van der Waals surface area contributed by atoms with Crippen molar-refractivity contribution in [2.75, 3.05) is 5.32 Å². The number of phenolic OH excluding ortho intramolecular Hbond substituents is 2. The highest BCUT2D eigenvalue weighted by Crippen LogP contribution is 2.33. The number of phenols is 2. The number of para-hydroxylation sites is 1. The number of nitrogens with zero attached hydrogens (tertiary/aromatic N) is 2. The molecule has 0 saturated heterocycles. The quantitative estimate of drug-likeness (QED) is 0.623. The number of hydrogen-bond donors (Lipinski definition) is 3. The number of hydrogen-bond acceptors (Lipinski definition) is 5. The molecule has 134 valence electrons. The molecule has 1 amide bonds. The molecule has 1 heterocycles. The summed E-state index contributed by atoms with van der Waals surface area (Å²) in [6, 6.07) is 20.5. The van der Waals surface area contributed by atoms with Gasteiger partial charge in [0.15, 0.2) is 6.17 Å². The highest BCUT2D eigenvalue weighted by Gasteiger charge is 2.32. The Morgan fingerprint density at radius 1 is 0.889 bits per heavy atom. The minimum Gasteiger partial charge on any atom is -0.508 e. The molecule has 3 N–H and O–H groups in total. The Kier molecular flexibility index (Phi) is 4.22. The summed E-state index contributed by atoms with van der Waals surface area (Å²) in [4.78, 5) is 13.0. The van der Waals surface area contributed by atoms with Crippen molar-refractivity contribution in [1.29, 1.82) is 0 Å². The minimum atomic E-state index is -0.513. The van der Waals surface area contributed by atoms with Crippen molar-refractivity contribution in [1.82, 2.24) is 5.01 Å². The van der Waals surface area contributed by atoms with E-state index in [0.717, 1.165) is 16.8 Å². The Morgan fingerprint density at radius 2 is 1.52 bits per heavy atom. The molecule has 0 aliphatic carbocycles. The number of hydrazone groups is 1. The van der Waals surface area contributed by atoms with Crippen molar-refractivity contribution in [3.05, 3.63) is 89.5 Å². The molecule has 1 atom stereocenters. The van der Waals surface area contributed by atoms with Gasteiger partial charge >= 0.3 is 0 Å². The van der Waals surface area contributed by atoms with Crippen molar-refractivity contribution in [2.45, 2.75) is 6.17 Å². The van der Waals surface area contributed by atoms with E-state index in [2.05, 4.69) is 10.4 Å². The molecule has 0 fully saturated rings. The van der Waals surface area contributed by atoms with Crippen LogP contribution in [-0.4, -0.2) is 27.3 Å². The van der Waals surface area contributed by atoms with E-state index in [9.17, 15) is 15.0 Å². The largest absolute Gasteiger partial charge is 0.508 e. The van der Waals surface area contributed by atoms with Crippen LogP contribution < -0.4 is 5.32 Å². The van der Waals surface area contributed by atoms with Crippen LogP contribution in [0.15, 0.2) is 77.9 Å². The number of nitrogens with one attached hydrogen (secondary N) is 1. The third-order valence-corrected chi connectivity index (χ3v) is 4.34. The lowest BCUT2D eigenvalue weighted by Crippen LogP contribution is -2.39. The van der Waals surface area contributed by atoms with Gasteiger partial charge in [-0.25, -0.2) is 5.01 Å². The normalized spacial score (nSPS) is 16.2. The van der Waals surface area contributed by atoms with E-state index in [-0.39, 0.29) is 17.4 Å². The van der Waals surface area contributed by atoms with E-state index in [0.29, 0.717) is 5.56 Å². The number of carbonyl (C=O) groups excluding carboxylic acids is 1. The average Bonchev–Trinajstić information content (AvgIpc) is 2.69. The zero-order chi connectivity index (χ0) is 18.8. The molecule has 1 aliphatic rings. The molecule has 4 rings (SSSR count). The van der Waals surface area contributed by atoms with Gasteiger partial charge in [0.05, 0.1) is 11.8 Å². The zero-order valence-electron chi connectivity index (χ0n) is 14.3. The summed E-state index contributed by atoms with van der Waals surface area (Å²) in [6.07, 6.45) is 1.06. The first-order chi connectivity index (χ1) is 13.1. The van der Waals surface area contributed by atoms with Crippen LogP contribution in [0.25, 0.3) is 0 Å². The predicted octanol–water partition coefficient (Wildman–Crippen LogP) is 3.70. The monoisotopic (exact) mass is 359 g/mol. The number of benzene rings is 3. The average molecular weight is 359 g/mol. The fraction of sp³-hybridized carbons (Fsp3) is 0.0476. The molecule has 3 aromatic rings. The van der Waals surface area contributed by atoms with Gasteiger partial charge in [-0.1, -0.05) is 24.3 Å². The van der Waals surface area contributed by atoms with Crippen molar-refractivity contribution in [3.63, 3.8) is 0 Å². The first kappa shape index (κ1) is 16.7. The summed E-state index contributed by atoms with van der Waals surface area (Å²) in [5.41, 5.74) is 2.81. The lowest BCUT2D eigenvalue weighted by molar-refractivity contribution is 0.0691. The third-order valence-electron chi connectivity index (χ3n) is 4.34. The van der Waals surface area contributed by atoms with Gasteiger partial charge in [-0.05, 0) is 59.7 Å². The maximum atomic E-state index is 13.0. The van der Waals surface area contributed by atoms with Crippen LogP contribution in [0.4, 0.5) is 5.69 Å². The maximum absolute atomic E-state index is 13.0. The summed E-state index contributed by atoms with van der Waals surface area (Å²) in [5, 5.41) is 28.1. The zero-order valence-corrected chi connectivity index (χ0v) is 14.3. The maximum Gasteiger partial charge on any atom is 0.278 e. The van der Waals surface area contributed by atoms with Gasteiger partial charge in [0, 0.05) is 5.69 Å². The van der Waals surface area contributed by atoms with E-state index in [1.165, 1.54) is 5.01 Å². The molecule has 27 heavy (non-hydrogen) atoms. The van der Waals surface area contributed by atoms with E-state index in [1.54, 1.807) is 66.9 Å². The summed E-state index contributed by atoms with van der Waals surface area (Å²) in [7, 11) is 0. The molecular weight excluding hydrogens is 342 g/mol. The van der Waals surface area contributed by atoms with Gasteiger partial charge in [0.1, 0.15) is 11.5 Å². The van der Waals surface area contributed by atoms with Gasteiger partial charge in [-0.15, -0.1) is 0 Å². The first-order valence-corrected chi connectivity index (χ1v) is 8.43. The Hall–Kier alpha value is -3.80. The van der Waals surface area contributed by atoms with Crippen molar-refractivity contribution in [2.24, 2.45) is 5.10 Å². The SMILES string of the molecule is O=C1c2ccccc2NC(c2ccc(O)cc2)N1/N=C/c1ccc(O)cc1. The lowest BCUT2D eigenvalue weighted by atomic mass is 10.0. The second-order valence-corrected chi connectivity index (χ2v) is 6.17. The second kappa shape index (κ2) is 6.84. The lowest BCUT2D eigenvalue weighted by Gasteiger charge is -2.34.